The van der Waals surface area contributed by atoms with E-state index in [1.807, 2.05) is 30.3 Å². The molecule has 0 unspecified atom stereocenters. The predicted octanol–water partition coefficient (Wildman–Crippen LogP) is 4.60. The van der Waals surface area contributed by atoms with Crippen LogP contribution in [0.5, 0.6) is 5.88 Å². The second-order valence-corrected chi connectivity index (χ2v) is 7.27. The smallest absolute Gasteiger partial charge is 0.235 e. The van der Waals surface area contributed by atoms with Crippen molar-refractivity contribution in [3.8, 4) is 5.88 Å². The van der Waals surface area contributed by atoms with E-state index in [0.29, 0.717) is 29.8 Å². The molecule has 1 amide bonds. The highest BCUT2D eigenvalue weighted by atomic mass is 35.5. The largest absolute Gasteiger partial charge is 0.475 e. The summed E-state index contributed by atoms with van der Waals surface area (Å²) in [6.45, 7) is 0.943. The molecule has 144 valence electrons. The van der Waals surface area contributed by atoms with Gasteiger partial charge in [-0.3, -0.25) is 4.79 Å². The highest BCUT2D eigenvalue weighted by Gasteiger charge is 2.41. The Kier molecular flexibility index (Phi) is 6.69. The van der Waals surface area contributed by atoms with Crippen LogP contribution in [0.15, 0.2) is 42.6 Å². The zero-order valence-corrected chi connectivity index (χ0v) is 16.3. The normalized spacial score (nSPS) is 15.9. The van der Waals surface area contributed by atoms with Gasteiger partial charge in [0, 0.05) is 18.2 Å². The van der Waals surface area contributed by atoms with E-state index in [1.165, 1.54) is 0 Å². The van der Waals surface area contributed by atoms with E-state index in [9.17, 15) is 4.79 Å². The molecule has 0 saturated heterocycles. The summed E-state index contributed by atoms with van der Waals surface area (Å²) in [6.07, 6.45) is 6.55. The molecular formula is C21H25ClN2O3. The van der Waals surface area contributed by atoms with E-state index in [1.54, 1.807) is 19.4 Å². The van der Waals surface area contributed by atoms with Crippen LogP contribution in [-0.2, 0) is 14.9 Å². The van der Waals surface area contributed by atoms with Crippen LogP contribution in [0.2, 0.25) is 5.02 Å². The molecule has 1 heterocycles. The third kappa shape index (κ3) is 4.79. The Labute approximate surface area is 165 Å². The molecule has 0 bridgehead atoms. The number of aromatic nitrogens is 1. The summed E-state index contributed by atoms with van der Waals surface area (Å²) < 4.78 is 10.4. The molecule has 0 aliphatic heterocycles. The van der Waals surface area contributed by atoms with Crippen molar-refractivity contribution in [1.82, 2.24) is 4.98 Å². The molecule has 6 heteroatoms. The molecule has 0 radical (unpaired) electrons. The minimum absolute atomic E-state index is 0.0133. The molecule has 1 fully saturated rings. The number of methoxy groups -OCH3 is 1. The summed E-state index contributed by atoms with van der Waals surface area (Å²) in [4.78, 5) is 17.5. The van der Waals surface area contributed by atoms with Crippen LogP contribution in [0.3, 0.4) is 0 Å². The Morgan fingerprint density at radius 3 is 2.48 bits per heavy atom. The number of anilines is 1. The molecule has 0 atom stereocenters. The highest BCUT2D eigenvalue weighted by Crippen LogP contribution is 2.40. The maximum Gasteiger partial charge on any atom is 0.235 e. The van der Waals surface area contributed by atoms with Gasteiger partial charge >= 0.3 is 0 Å². The van der Waals surface area contributed by atoms with Crippen LogP contribution < -0.4 is 10.1 Å². The summed E-state index contributed by atoms with van der Waals surface area (Å²) in [7, 11) is 1.62. The summed E-state index contributed by atoms with van der Waals surface area (Å²) >= 11 is 6.04. The lowest BCUT2D eigenvalue weighted by Gasteiger charge is -2.36. The third-order valence-corrected chi connectivity index (χ3v) is 5.32. The Balaban J connectivity index is 1.74. The number of benzene rings is 1. The Morgan fingerprint density at radius 2 is 1.85 bits per heavy atom. The fraction of sp³-hybridized carbons (Fsp3) is 0.429. The van der Waals surface area contributed by atoms with Gasteiger partial charge in [0.15, 0.2) is 0 Å². The molecule has 2 aromatic rings. The number of pyridine rings is 1. The van der Waals surface area contributed by atoms with Gasteiger partial charge < -0.3 is 14.8 Å². The van der Waals surface area contributed by atoms with Gasteiger partial charge in [-0.15, -0.1) is 0 Å². The number of nitrogens with zero attached hydrogens (tertiary/aromatic N) is 1. The maximum atomic E-state index is 13.3. The Morgan fingerprint density at radius 1 is 1.11 bits per heavy atom. The Bertz CT molecular complexity index is 741. The fourth-order valence-corrected chi connectivity index (χ4v) is 3.72. The SMILES string of the molecule is COCCOc1ccc(NC(=O)C2(c3ccc(Cl)cc3)CCCCC2)cn1. The van der Waals surface area contributed by atoms with Gasteiger partial charge in [-0.25, -0.2) is 4.98 Å². The summed E-state index contributed by atoms with van der Waals surface area (Å²) in [6, 6.07) is 11.2. The van der Waals surface area contributed by atoms with Gasteiger partial charge in [0.1, 0.15) is 6.61 Å². The van der Waals surface area contributed by atoms with Crippen LogP contribution in [0.4, 0.5) is 5.69 Å². The molecule has 0 spiro atoms. The molecule has 1 aliphatic carbocycles. The number of hydrogen-bond donors (Lipinski definition) is 1. The summed E-state index contributed by atoms with van der Waals surface area (Å²) in [5.41, 5.74) is 1.17. The van der Waals surface area contributed by atoms with Crippen molar-refractivity contribution < 1.29 is 14.3 Å². The molecule has 3 rings (SSSR count). The zero-order chi connectivity index (χ0) is 19.1. The summed E-state index contributed by atoms with van der Waals surface area (Å²) in [5.74, 6) is 0.523. The molecule has 1 aliphatic rings. The van der Waals surface area contributed by atoms with Crippen molar-refractivity contribution in [2.45, 2.75) is 37.5 Å². The summed E-state index contributed by atoms with van der Waals surface area (Å²) in [5, 5.41) is 3.72. The van der Waals surface area contributed by atoms with Gasteiger partial charge in [-0.1, -0.05) is 43.0 Å². The lowest BCUT2D eigenvalue weighted by molar-refractivity contribution is -0.122. The average Bonchev–Trinajstić information content (AvgIpc) is 2.70. The van der Waals surface area contributed by atoms with E-state index in [2.05, 4.69) is 10.3 Å². The van der Waals surface area contributed by atoms with Gasteiger partial charge in [0.2, 0.25) is 11.8 Å². The molecular weight excluding hydrogens is 364 g/mol. The van der Waals surface area contributed by atoms with Gasteiger partial charge in [0.05, 0.1) is 23.9 Å². The van der Waals surface area contributed by atoms with E-state index in [4.69, 9.17) is 21.1 Å². The van der Waals surface area contributed by atoms with Gasteiger partial charge in [-0.2, -0.15) is 0 Å². The number of hydrogen-bond acceptors (Lipinski definition) is 4. The molecule has 1 aromatic carbocycles. The zero-order valence-electron chi connectivity index (χ0n) is 15.5. The number of ether oxygens (including phenoxy) is 2. The van der Waals surface area contributed by atoms with Crippen molar-refractivity contribution in [2.75, 3.05) is 25.6 Å². The van der Waals surface area contributed by atoms with E-state index < -0.39 is 5.41 Å². The fourth-order valence-electron chi connectivity index (χ4n) is 3.59. The highest BCUT2D eigenvalue weighted by molar-refractivity contribution is 6.30. The quantitative estimate of drug-likeness (QED) is 0.704. The van der Waals surface area contributed by atoms with Gasteiger partial charge in [-0.05, 0) is 36.6 Å². The number of nitrogens with one attached hydrogen (secondary N) is 1. The van der Waals surface area contributed by atoms with E-state index in [0.717, 1.165) is 37.7 Å². The monoisotopic (exact) mass is 388 g/mol. The van der Waals surface area contributed by atoms with E-state index in [-0.39, 0.29) is 5.91 Å². The van der Waals surface area contributed by atoms with E-state index >= 15 is 0 Å². The second-order valence-electron chi connectivity index (χ2n) is 6.83. The average molecular weight is 389 g/mol. The second kappa shape index (κ2) is 9.20. The first-order valence-electron chi connectivity index (χ1n) is 9.29. The molecule has 1 aromatic heterocycles. The topological polar surface area (TPSA) is 60.5 Å². The lowest BCUT2D eigenvalue weighted by Crippen LogP contribution is -2.42. The van der Waals surface area contributed by atoms with Crippen molar-refractivity contribution in [1.29, 1.82) is 0 Å². The van der Waals surface area contributed by atoms with Crippen molar-refractivity contribution >= 4 is 23.2 Å². The predicted molar refractivity (Wildman–Crippen MR) is 106 cm³/mol. The van der Waals surface area contributed by atoms with Gasteiger partial charge in [0.25, 0.3) is 0 Å². The first-order valence-corrected chi connectivity index (χ1v) is 9.67. The number of halogens is 1. The van der Waals surface area contributed by atoms with Crippen molar-refractivity contribution in [3.05, 3.63) is 53.2 Å². The minimum Gasteiger partial charge on any atom is -0.475 e. The molecule has 5 nitrogen and oxygen atoms in total. The number of amides is 1. The molecule has 1 N–H and O–H groups in total. The standard InChI is InChI=1S/C21H25ClN2O3/c1-26-13-14-27-19-10-9-18(15-23-19)24-20(25)21(11-3-2-4-12-21)16-5-7-17(22)8-6-16/h5-10,15H,2-4,11-14H2,1H3,(H,24,25). The Hall–Kier alpha value is -2.11. The van der Waals surface area contributed by atoms with Crippen LogP contribution in [0.1, 0.15) is 37.7 Å². The van der Waals surface area contributed by atoms with Crippen molar-refractivity contribution in [2.24, 2.45) is 0 Å². The first-order chi connectivity index (χ1) is 13.1. The number of carbonyl (C=O) groups excluding carboxylic acids is 1. The maximum absolute atomic E-state index is 13.3. The first kappa shape index (κ1) is 19.6. The van der Waals surface area contributed by atoms with Crippen LogP contribution >= 0.6 is 11.6 Å². The molecule has 27 heavy (non-hydrogen) atoms. The van der Waals surface area contributed by atoms with Crippen molar-refractivity contribution in [3.63, 3.8) is 0 Å². The lowest BCUT2D eigenvalue weighted by atomic mass is 9.68. The van der Waals surface area contributed by atoms with Crippen LogP contribution in [0.25, 0.3) is 0 Å². The minimum atomic E-state index is -0.517. The number of carbonyl (C=O) groups is 1. The number of rotatable bonds is 7. The van der Waals surface area contributed by atoms with Crippen LogP contribution in [0, 0.1) is 0 Å². The third-order valence-electron chi connectivity index (χ3n) is 5.07. The molecule has 1 saturated carbocycles. The van der Waals surface area contributed by atoms with Crippen LogP contribution in [-0.4, -0.2) is 31.2 Å².